The van der Waals surface area contributed by atoms with Gasteiger partial charge >= 0.3 is 6.18 Å². The molecule has 1 aromatic heterocycles. The molecule has 0 aliphatic carbocycles. The van der Waals surface area contributed by atoms with Gasteiger partial charge in [0, 0.05) is 23.4 Å². The van der Waals surface area contributed by atoms with E-state index in [0.29, 0.717) is 17.8 Å². The molecule has 32 heavy (non-hydrogen) atoms. The molecular formula is C24H18F7N. The van der Waals surface area contributed by atoms with Gasteiger partial charge in [-0.1, -0.05) is 19.4 Å². The number of hydrogen-bond donors (Lipinski definition) is 0. The predicted octanol–water partition coefficient (Wildman–Crippen LogP) is 7.89. The van der Waals surface area contributed by atoms with Gasteiger partial charge in [-0.05, 0) is 60.4 Å². The first-order chi connectivity index (χ1) is 15.1. The third-order valence-electron chi connectivity index (χ3n) is 4.79. The van der Waals surface area contributed by atoms with Crippen LogP contribution in [0.25, 0.3) is 28.5 Å². The summed E-state index contributed by atoms with van der Waals surface area (Å²) in [4.78, 5) is 4.21. The summed E-state index contributed by atoms with van der Waals surface area (Å²) in [5, 5.41) is 0. The molecule has 0 radical (unpaired) electrons. The van der Waals surface area contributed by atoms with Crippen molar-refractivity contribution in [2.75, 3.05) is 0 Å². The molecule has 3 aromatic rings. The smallest absolute Gasteiger partial charge is 0.256 e. The summed E-state index contributed by atoms with van der Waals surface area (Å²) in [6, 6.07) is 6.57. The largest absolute Gasteiger partial charge is 0.409 e. The van der Waals surface area contributed by atoms with Crippen LogP contribution in [-0.2, 0) is 6.42 Å². The molecule has 0 aliphatic heterocycles. The van der Waals surface area contributed by atoms with Crippen molar-refractivity contribution in [1.82, 2.24) is 4.98 Å². The molecule has 0 unspecified atom stereocenters. The lowest BCUT2D eigenvalue weighted by molar-refractivity contribution is -0.0790. The number of unbranched alkanes of at least 4 members (excludes halogenated alkanes) is 1. The van der Waals surface area contributed by atoms with Gasteiger partial charge in [0.25, 0.3) is 0 Å². The van der Waals surface area contributed by atoms with Crippen molar-refractivity contribution in [3.8, 4) is 22.4 Å². The molecule has 0 saturated carbocycles. The Hall–Kier alpha value is -3.16. The van der Waals surface area contributed by atoms with Crippen LogP contribution in [0.15, 0.2) is 48.7 Å². The van der Waals surface area contributed by atoms with E-state index in [1.807, 2.05) is 0 Å². The zero-order chi connectivity index (χ0) is 23.5. The van der Waals surface area contributed by atoms with Crippen molar-refractivity contribution in [3.05, 3.63) is 83.1 Å². The zero-order valence-electron chi connectivity index (χ0n) is 16.9. The Morgan fingerprint density at radius 3 is 1.94 bits per heavy atom. The minimum Gasteiger partial charge on any atom is -0.256 e. The first kappa shape index (κ1) is 23.5. The molecule has 0 aliphatic rings. The average Bonchev–Trinajstić information content (AvgIpc) is 2.70. The molecule has 0 saturated heterocycles. The maximum Gasteiger partial charge on any atom is 0.409 e. The summed E-state index contributed by atoms with van der Waals surface area (Å²) in [7, 11) is 0. The molecule has 1 heterocycles. The summed E-state index contributed by atoms with van der Waals surface area (Å²) in [5.74, 6) is -4.94. The van der Waals surface area contributed by atoms with Gasteiger partial charge in [0.05, 0.1) is 11.3 Å². The number of allylic oxidation sites excluding steroid dienone is 1. The van der Waals surface area contributed by atoms with E-state index in [0.717, 1.165) is 37.0 Å². The summed E-state index contributed by atoms with van der Waals surface area (Å²) < 4.78 is 94.6. The minimum atomic E-state index is -4.77. The highest BCUT2D eigenvalue weighted by Crippen LogP contribution is 2.33. The minimum absolute atomic E-state index is 0.136. The molecule has 1 nitrogen and oxygen atoms in total. The predicted molar refractivity (Wildman–Crippen MR) is 109 cm³/mol. The zero-order valence-corrected chi connectivity index (χ0v) is 16.9. The fraction of sp³-hybridized carbons (Fsp3) is 0.208. The molecular weight excluding hydrogens is 435 g/mol. The van der Waals surface area contributed by atoms with Crippen LogP contribution in [0.2, 0.25) is 0 Å². The summed E-state index contributed by atoms with van der Waals surface area (Å²) in [6.07, 6.45) is -0.431. The van der Waals surface area contributed by atoms with Crippen molar-refractivity contribution in [2.24, 2.45) is 0 Å². The summed E-state index contributed by atoms with van der Waals surface area (Å²) in [5.41, 5.74) is -0.697. The van der Waals surface area contributed by atoms with Crippen molar-refractivity contribution in [1.29, 1.82) is 0 Å². The quantitative estimate of drug-likeness (QED) is 0.346. The van der Waals surface area contributed by atoms with E-state index >= 15 is 0 Å². The van der Waals surface area contributed by atoms with E-state index in [9.17, 15) is 30.7 Å². The Bertz CT molecular complexity index is 1090. The Balaban J connectivity index is 1.95. The number of alkyl halides is 3. The molecule has 0 N–H and O–H groups in total. The second kappa shape index (κ2) is 9.54. The second-order valence-corrected chi connectivity index (χ2v) is 7.20. The molecule has 0 spiro atoms. The van der Waals surface area contributed by atoms with Crippen LogP contribution in [0.1, 0.15) is 30.9 Å². The van der Waals surface area contributed by atoms with Crippen LogP contribution < -0.4 is 0 Å². The third-order valence-corrected chi connectivity index (χ3v) is 4.79. The first-order valence-electron chi connectivity index (χ1n) is 9.78. The lowest BCUT2D eigenvalue weighted by Crippen LogP contribution is -2.01. The lowest BCUT2D eigenvalue weighted by atomic mass is 9.98. The third kappa shape index (κ3) is 5.55. The molecule has 8 heteroatoms. The van der Waals surface area contributed by atoms with Crippen LogP contribution in [0.5, 0.6) is 0 Å². The van der Waals surface area contributed by atoms with Gasteiger partial charge in [0.1, 0.15) is 23.3 Å². The van der Waals surface area contributed by atoms with E-state index in [1.165, 1.54) is 0 Å². The normalized spacial score (nSPS) is 12.0. The van der Waals surface area contributed by atoms with E-state index in [4.69, 9.17) is 0 Å². The highest BCUT2D eigenvalue weighted by molar-refractivity contribution is 5.72. The molecule has 0 amide bonds. The Labute approximate surface area is 180 Å². The lowest BCUT2D eigenvalue weighted by Gasteiger charge is -2.11. The number of aromatic nitrogens is 1. The number of rotatable bonds is 6. The van der Waals surface area contributed by atoms with Crippen molar-refractivity contribution in [3.63, 3.8) is 0 Å². The average molecular weight is 453 g/mol. The maximum absolute atomic E-state index is 14.7. The van der Waals surface area contributed by atoms with Crippen LogP contribution >= 0.6 is 0 Å². The van der Waals surface area contributed by atoms with Crippen molar-refractivity contribution in [2.45, 2.75) is 32.4 Å². The Morgan fingerprint density at radius 2 is 1.44 bits per heavy atom. The number of pyridine rings is 1. The van der Waals surface area contributed by atoms with Gasteiger partial charge in [-0.25, -0.2) is 17.6 Å². The van der Waals surface area contributed by atoms with Gasteiger partial charge in [-0.2, -0.15) is 13.2 Å². The monoisotopic (exact) mass is 453 g/mol. The van der Waals surface area contributed by atoms with Crippen LogP contribution in [0, 0.1) is 23.3 Å². The molecule has 168 valence electrons. The SMILES string of the molecule is CCCCc1ccc(-c2cc(F)c(-c3cc(F)c(C=CC(F)(F)F)c(F)c3)c(F)c2)nc1. The fourth-order valence-electron chi connectivity index (χ4n) is 3.19. The molecule has 3 rings (SSSR count). The van der Waals surface area contributed by atoms with E-state index in [1.54, 1.807) is 18.3 Å². The number of hydrogen-bond acceptors (Lipinski definition) is 1. The van der Waals surface area contributed by atoms with Crippen molar-refractivity contribution < 1.29 is 30.7 Å². The van der Waals surface area contributed by atoms with Gasteiger partial charge < -0.3 is 0 Å². The molecule has 2 aromatic carbocycles. The maximum atomic E-state index is 14.7. The second-order valence-electron chi connectivity index (χ2n) is 7.20. The number of halogens is 7. The van der Waals surface area contributed by atoms with Crippen LogP contribution in [0.3, 0.4) is 0 Å². The van der Waals surface area contributed by atoms with Gasteiger partial charge in [-0.3, -0.25) is 4.98 Å². The van der Waals surface area contributed by atoms with Gasteiger partial charge in [0.2, 0.25) is 0 Å². The van der Waals surface area contributed by atoms with E-state index in [-0.39, 0.29) is 17.7 Å². The molecule has 0 atom stereocenters. The molecule has 0 bridgehead atoms. The summed E-state index contributed by atoms with van der Waals surface area (Å²) >= 11 is 0. The first-order valence-corrected chi connectivity index (χ1v) is 9.78. The highest BCUT2D eigenvalue weighted by Gasteiger charge is 2.23. The van der Waals surface area contributed by atoms with Crippen molar-refractivity contribution >= 4 is 6.08 Å². The molecule has 0 fully saturated rings. The Kier molecular flexibility index (Phi) is 7.01. The van der Waals surface area contributed by atoms with Crippen LogP contribution in [0.4, 0.5) is 30.7 Å². The van der Waals surface area contributed by atoms with E-state index in [2.05, 4.69) is 11.9 Å². The highest BCUT2D eigenvalue weighted by atomic mass is 19.4. The fourth-order valence-corrected chi connectivity index (χ4v) is 3.19. The Morgan fingerprint density at radius 1 is 0.844 bits per heavy atom. The number of benzene rings is 2. The van der Waals surface area contributed by atoms with E-state index < -0.39 is 46.1 Å². The van der Waals surface area contributed by atoms with Gasteiger partial charge in [0.15, 0.2) is 0 Å². The topological polar surface area (TPSA) is 12.9 Å². The number of aryl methyl sites for hydroxylation is 1. The summed E-state index contributed by atoms with van der Waals surface area (Å²) in [6.45, 7) is 2.05. The number of nitrogens with zero attached hydrogens (tertiary/aromatic N) is 1. The van der Waals surface area contributed by atoms with Gasteiger partial charge in [-0.15, -0.1) is 0 Å². The standard InChI is InChI=1S/C24H18F7N/c1-2-3-4-14-5-6-22(32-13-14)15-9-20(27)23(21(28)10-15)16-11-18(25)17(19(26)12-16)7-8-24(29,30)31/h5-13H,2-4H2,1H3. The van der Waals surface area contributed by atoms with Crippen LogP contribution in [-0.4, -0.2) is 11.2 Å².